The van der Waals surface area contributed by atoms with Crippen molar-refractivity contribution in [3.8, 4) is 0 Å². The first kappa shape index (κ1) is 17.8. The molecule has 21 heavy (non-hydrogen) atoms. The number of nitrogens with one attached hydrogen (secondary N) is 1. The van der Waals surface area contributed by atoms with Gasteiger partial charge in [-0.1, -0.05) is 20.8 Å². The molecule has 0 atom stereocenters. The van der Waals surface area contributed by atoms with E-state index in [1.807, 2.05) is 0 Å². The molecule has 122 valence electrons. The summed E-state index contributed by atoms with van der Waals surface area (Å²) in [5, 5.41) is 2.63. The molecule has 6 nitrogen and oxygen atoms in total. The Kier molecular flexibility index (Phi) is 6.95. The van der Waals surface area contributed by atoms with E-state index in [9.17, 15) is 4.79 Å². The second-order valence-electron chi connectivity index (χ2n) is 6.88. The normalized spacial score (nSPS) is 17.9. The Balaban J connectivity index is 2.54. The third kappa shape index (κ3) is 7.32. The van der Waals surface area contributed by atoms with Crippen LogP contribution in [0.4, 0.5) is 4.79 Å². The van der Waals surface area contributed by atoms with Crippen molar-refractivity contribution in [2.45, 2.75) is 40.0 Å². The second-order valence-corrected chi connectivity index (χ2v) is 6.88. The molecule has 1 heterocycles. The molecule has 0 aromatic rings. The molecule has 0 bridgehead atoms. The van der Waals surface area contributed by atoms with E-state index in [0.29, 0.717) is 24.5 Å². The summed E-state index contributed by atoms with van der Waals surface area (Å²) in [5.74, 6) is 1.32. The van der Waals surface area contributed by atoms with Gasteiger partial charge in [0.05, 0.1) is 13.2 Å². The molecule has 0 aliphatic carbocycles. The number of urea groups is 1. The minimum Gasteiger partial charge on any atom is -0.383 e. The quantitative estimate of drug-likeness (QED) is 0.472. The maximum Gasteiger partial charge on any atom is 0.318 e. The van der Waals surface area contributed by atoms with Gasteiger partial charge in [-0.15, -0.1) is 0 Å². The number of aliphatic imine (C=N–C) groups is 1. The van der Waals surface area contributed by atoms with Crippen molar-refractivity contribution < 1.29 is 9.53 Å². The Morgan fingerprint density at radius 3 is 2.48 bits per heavy atom. The highest BCUT2D eigenvalue weighted by Gasteiger charge is 2.25. The topological polar surface area (TPSA) is 80.0 Å². The lowest BCUT2D eigenvalue weighted by Gasteiger charge is -2.36. The Hall–Kier alpha value is -1.30. The Labute approximate surface area is 128 Å². The van der Waals surface area contributed by atoms with Gasteiger partial charge in [0.25, 0.3) is 0 Å². The number of carbonyl (C=O) groups is 1. The molecule has 1 saturated heterocycles. The fourth-order valence-corrected chi connectivity index (χ4v) is 2.79. The van der Waals surface area contributed by atoms with Crippen molar-refractivity contribution >= 4 is 12.0 Å². The standard InChI is InChI=1S/C15H30N4O2/c1-15(2,3)11-12-5-8-19(9-6-12)14(18-13(16)20)17-7-10-21-4/h12H,5-11H2,1-4H3,(H3,16,17,18,20). The lowest BCUT2D eigenvalue weighted by Crippen LogP contribution is -2.49. The van der Waals surface area contributed by atoms with Gasteiger partial charge in [0.2, 0.25) is 5.96 Å². The molecule has 0 radical (unpaired) electrons. The summed E-state index contributed by atoms with van der Waals surface area (Å²) in [4.78, 5) is 17.6. The van der Waals surface area contributed by atoms with Gasteiger partial charge in [-0.2, -0.15) is 0 Å². The minimum absolute atomic E-state index is 0.369. The summed E-state index contributed by atoms with van der Waals surface area (Å²) in [6.07, 6.45) is 3.49. The summed E-state index contributed by atoms with van der Waals surface area (Å²) >= 11 is 0. The summed E-state index contributed by atoms with van der Waals surface area (Å²) in [5.41, 5.74) is 5.59. The first-order valence-electron chi connectivity index (χ1n) is 7.66. The minimum atomic E-state index is -0.567. The Morgan fingerprint density at radius 2 is 2.00 bits per heavy atom. The van der Waals surface area contributed by atoms with Crippen molar-refractivity contribution in [1.82, 2.24) is 10.2 Å². The zero-order chi connectivity index (χ0) is 15.9. The number of guanidine groups is 1. The number of carbonyl (C=O) groups excluding carboxylic acids is 1. The van der Waals surface area contributed by atoms with Crippen molar-refractivity contribution in [3.63, 3.8) is 0 Å². The van der Waals surface area contributed by atoms with Crippen LogP contribution in [-0.2, 0) is 4.74 Å². The van der Waals surface area contributed by atoms with Crippen LogP contribution >= 0.6 is 0 Å². The van der Waals surface area contributed by atoms with E-state index >= 15 is 0 Å². The van der Waals surface area contributed by atoms with Crippen LogP contribution in [0, 0.1) is 11.3 Å². The number of ether oxygens (including phenoxy) is 1. The molecule has 0 saturated carbocycles. The molecule has 3 N–H and O–H groups in total. The molecule has 0 spiro atoms. The number of likely N-dealkylation sites (tertiary alicyclic amines) is 1. The second kappa shape index (κ2) is 8.22. The first-order valence-corrected chi connectivity index (χ1v) is 7.66. The van der Waals surface area contributed by atoms with E-state index in [1.165, 1.54) is 6.42 Å². The fourth-order valence-electron chi connectivity index (χ4n) is 2.79. The number of hydrogen-bond donors (Lipinski definition) is 2. The van der Waals surface area contributed by atoms with Crippen LogP contribution in [0.15, 0.2) is 4.99 Å². The first-order chi connectivity index (χ1) is 9.81. The lowest BCUT2D eigenvalue weighted by molar-refractivity contribution is 0.196. The van der Waals surface area contributed by atoms with Crippen LogP contribution in [-0.4, -0.2) is 50.2 Å². The van der Waals surface area contributed by atoms with Crippen molar-refractivity contribution in [1.29, 1.82) is 0 Å². The van der Waals surface area contributed by atoms with Crippen molar-refractivity contribution in [3.05, 3.63) is 0 Å². The predicted octanol–water partition coefficient (Wildman–Crippen LogP) is 1.81. The predicted molar refractivity (Wildman–Crippen MR) is 85.3 cm³/mol. The van der Waals surface area contributed by atoms with Gasteiger partial charge in [0.15, 0.2) is 0 Å². The summed E-state index contributed by atoms with van der Waals surface area (Å²) in [6, 6.07) is -0.567. The van der Waals surface area contributed by atoms with Gasteiger partial charge in [-0.25, -0.2) is 4.79 Å². The Bertz CT molecular complexity index is 355. The van der Waals surface area contributed by atoms with Gasteiger partial charge < -0.3 is 15.4 Å². The number of primary amides is 1. The fraction of sp³-hybridized carbons (Fsp3) is 0.867. The number of hydrogen-bond acceptors (Lipinski definition) is 3. The SMILES string of the molecule is COCCN=C(NC(N)=O)N1CCC(CC(C)(C)C)CC1. The van der Waals surface area contributed by atoms with Crippen LogP contribution in [0.3, 0.4) is 0 Å². The maximum atomic E-state index is 11.1. The molecule has 6 heteroatoms. The summed E-state index contributed by atoms with van der Waals surface area (Å²) in [7, 11) is 1.63. The number of amides is 2. The monoisotopic (exact) mass is 298 g/mol. The third-order valence-corrected chi connectivity index (χ3v) is 3.61. The van der Waals surface area contributed by atoms with Gasteiger partial charge in [0, 0.05) is 20.2 Å². The molecule has 0 unspecified atom stereocenters. The molecule has 1 fully saturated rings. The highest BCUT2D eigenvalue weighted by Crippen LogP contribution is 2.30. The highest BCUT2D eigenvalue weighted by atomic mass is 16.5. The zero-order valence-electron chi connectivity index (χ0n) is 13.8. The molecule has 2 amide bonds. The molecule has 1 aliphatic rings. The maximum absolute atomic E-state index is 11.1. The number of nitrogens with two attached hydrogens (primary N) is 1. The van der Waals surface area contributed by atoms with E-state index in [0.717, 1.165) is 31.8 Å². The number of rotatable bonds is 4. The van der Waals surface area contributed by atoms with Crippen molar-refractivity contribution in [2.75, 3.05) is 33.4 Å². The van der Waals surface area contributed by atoms with E-state index in [1.54, 1.807) is 7.11 Å². The molecule has 1 aliphatic heterocycles. The highest BCUT2D eigenvalue weighted by molar-refractivity contribution is 5.95. The number of methoxy groups -OCH3 is 1. The average molecular weight is 298 g/mol. The molecule has 0 aromatic heterocycles. The number of nitrogens with zero attached hydrogens (tertiary/aromatic N) is 2. The average Bonchev–Trinajstić information content (AvgIpc) is 2.36. The van der Waals surface area contributed by atoms with Crippen LogP contribution in [0.5, 0.6) is 0 Å². The van der Waals surface area contributed by atoms with Gasteiger partial charge in [0.1, 0.15) is 0 Å². The van der Waals surface area contributed by atoms with E-state index in [-0.39, 0.29) is 0 Å². The van der Waals surface area contributed by atoms with Gasteiger partial charge >= 0.3 is 6.03 Å². The Morgan fingerprint density at radius 1 is 1.38 bits per heavy atom. The van der Waals surface area contributed by atoms with E-state index in [2.05, 4.69) is 36.0 Å². The third-order valence-electron chi connectivity index (χ3n) is 3.61. The van der Waals surface area contributed by atoms with Crippen LogP contribution in [0.1, 0.15) is 40.0 Å². The van der Waals surface area contributed by atoms with Gasteiger partial charge in [-0.3, -0.25) is 10.3 Å². The molecular formula is C15H30N4O2. The van der Waals surface area contributed by atoms with Crippen LogP contribution < -0.4 is 11.1 Å². The molecule has 0 aromatic carbocycles. The number of piperidine rings is 1. The van der Waals surface area contributed by atoms with Gasteiger partial charge in [-0.05, 0) is 30.6 Å². The lowest BCUT2D eigenvalue weighted by atomic mass is 9.80. The largest absolute Gasteiger partial charge is 0.383 e. The van der Waals surface area contributed by atoms with E-state index < -0.39 is 6.03 Å². The summed E-state index contributed by atoms with van der Waals surface area (Å²) in [6.45, 7) is 9.72. The molecule has 1 rings (SSSR count). The smallest absolute Gasteiger partial charge is 0.318 e. The van der Waals surface area contributed by atoms with E-state index in [4.69, 9.17) is 10.5 Å². The van der Waals surface area contributed by atoms with Crippen LogP contribution in [0.2, 0.25) is 0 Å². The zero-order valence-corrected chi connectivity index (χ0v) is 13.8. The van der Waals surface area contributed by atoms with Crippen LogP contribution in [0.25, 0.3) is 0 Å². The molecular weight excluding hydrogens is 268 g/mol. The summed E-state index contributed by atoms with van der Waals surface area (Å²) < 4.78 is 4.99. The van der Waals surface area contributed by atoms with Crippen molar-refractivity contribution in [2.24, 2.45) is 22.1 Å².